The number of thiophene rings is 1. The second kappa shape index (κ2) is 6.19. The van der Waals surface area contributed by atoms with E-state index in [9.17, 15) is 8.42 Å². The molecule has 8 heteroatoms. The maximum Gasteiger partial charge on any atom is 0.242 e. The molecule has 0 bridgehead atoms. The maximum absolute atomic E-state index is 12.2. The largest absolute Gasteiger partial charge is 0.326 e. The Morgan fingerprint density at radius 1 is 1.63 bits per heavy atom. The van der Waals surface area contributed by atoms with E-state index in [2.05, 4.69) is 32.6 Å². The van der Waals surface area contributed by atoms with E-state index in [0.717, 1.165) is 24.4 Å². The molecule has 19 heavy (non-hydrogen) atoms. The van der Waals surface area contributed by atoms with Crippen molar-refractivity contribution in [2.24, 2.45) is 11.7 Å². The number of hydrogen-bond acceptors (Lipinski definition) is 5. The van der Waals surface area contributed by atoms with Gasteiger partial charge in [-0.2, -0.15) is 0 Å². The standard InChI is InChI=1S/C11H18BrN3O2S2/c1-15-3-2-8(7-15)6-14-19(16,17)10-4-9(5-13)18-11(10)12/h4,8,14H,2-3,5-7,13H2,1H3. The first-order chi connectivity index (χ1) is 8.92. The van der Waals surface area contributed by atoms with Gasteiger partial charge in [0.1, 0.15) is 4.90 Å². The monoisotopic (exact) mass is 367 g/mol. The number of likely N-dealkylation sites (tertiary alicyclic amines) is 1. The average molecular weight is 368 g/mol. The van der Waals surface area contributed by atoms with Gasteiger partial charge in [-0.3, -0.25) is 0 Å². The van der Waals surface area contributed by atoms with Crippen molar-refractivity contribution in [3.05, 3.63) is 14.7 Å². The second-order valence-electron chi connectivity index (χ2n) is 4.82. The van der Waals surface area contributed by atoms with E-state index >= 15 is 0 Å². The summed E-state index contributed by atoms with van der Waals surface area (Å²) in [6, 6.07) is 1.64. The summed E-state index contributed by atoms with van der Waals surface area (Å²) in [6.07, 6.45) is 1.04. The molecule has 1 aliphatic rings. The van der Waals surface area contributed by atoms with Crippen molar-refractivity contribution in [3.8, 4) is 0 Å². The van der Waals surface area contributed by atoms with Gasteiger partial charge in [0.25, 0.3) is 0 Å². The van der Waals surface area contributed by atoms with Crippen molar-refractivity contribution in [3.63, 3.8) is 0 Å². The molecule has 2 heterocycles. The molecule has 3 N–H and O–H groups in total. The van der Waals surface area contributed by atoms with Gasteiger partial charge >= 0.3 is 0 Å². The quantitative estimate of drug-likeness (QED) is 0.819. The minimum Gasteiger partial charge on any atom is -0.326 e. The number of hydrogen-bond donors (Lipinski definition) is 2. The molecule has 0 aliphatic carbocycles. The van der Waals surface area contributed by atoms with E-state index in [-0.39, 0.29) is 0 Å². The Morgan fingerprint density at radius 2 is 2.37 bits per heavy atom. The van der Waals surface area contributed by atoms with Crippen molar-refractivity contribution < 1.29 is 8.42 Å². The lowest BCUT2D eigenvalue weighted by atomic mass is 10.1. The van der Waals surface area contributed by atoms with Gasteiger partial charge in [0.2, 0.25) is 10.0 Å². The Bertz CT molecular complexity index is 544. The molecule has 1 fully saturated rings. The third-order valence-electron chi connectivity index (χ3n) is 3.25. The lowest BCUT2D eigenvalue weighted by molar-refractivity contribution is 0.394. The first-order valence-electron chi connectivity index (χ1n) is 6.09. The fourth-order valence-electron chi connectivity index (χ4n) is 2.18. The normalized spacial score (nSPS) is 21.1. The van der Waals surface area contributed by atoms with Crippen LogP contribution >= 0.6 is 27.3 Å². The molecule has 2 rings (SSSR count). The molecule has 108 valence electrons. The molecule has 0 spiro atoms. The smallest absolute Gasteiger partial charge is 0.242 e. The van der Waals surface area contributed by atoms with Gasteiger partial charge in [-0.25, -0.2) is 13.1 Å². The summed E-state index contributed by atoms with van der Waals surface area (Å²) in [5.41, 5.74) is 5.53. The zero-order valence-corrected chi connectivity index (χ0v) is 13.9. The molecule has 0 radical (unpaired) electrons. The predicted octanol–water partition coefficient (Wildman–Crippen LogP) is 1.20. The highest BCUT2D eigenvalue weighted by atomic mass is 79.9. The number of nitrogens with one attached hydrogen (secondary N) is 1. The van der Waals surface area contributed by atoms with E-state index in [0.29, 0.717) is 27.7 Å². The van der Waals surface area contributed by atoms with Gasteiger partial charge in [-0.15, -0.1) is 11.3 Å². The topological polar surface area (TPSA) is 75.4 Å². The fourth-order valence-corrected chi connectivity index (χ4v) is 5.86. The highest BCUT2D eigenvalue weighted by Crippen LogP contribution is 2.31. The molecule has 0 aromatic carbocycles. The summed E-state index contributed by atoms with van der Waals surface area (Å²) in [5.74, 6) is 0.395. The van der Waals surface area contributed by atoms with Crippen LogP contribution in [0.4, 0.5) is 0 Å². The highest BCUT2D eigenvalue weighted by Gasteiger charge is 2.24. The number of rotatable bonds is 5. The first kappa shape index (κ1) is 15.4. The average Bonchev–Trinajstić information content (AvgIpc) is 2.93. The van der Waals surface area contributed by atoms with Crippen molar-refractivity contribution in [2.75, 3.05) is 26.7 Å². The molecule has 1 aromatic heterocycles. The molecule has 1 aromatic rings. The maximum atomic E-state index is 12.2. The van der Waals surface area contributed by atoms with Gasteiger partial charge in [-0.05, 0) is 47.9 Å². The first-order valence-corrected chi connectivity index (χ1v) is 9.18. The number of sulfonamides is 1. The Hall–Kier alpha value is 0.01000. The third-order valence-corrected chi connectivity index (χ3v) is 6.95. The highest BCUT2D eigenvalue weighted by molar-refractivity contribution is 9.11. The molecule has 1 atom stereocenters. The molecule has 5 nitrogen and oxygen atoms in total. The Kier molecular flexibility index (Phi) is 5.02. The van der Waals surface area contributed by atoms with Crippen molar-refractivity contribution in [2.45, 2.75) is 17.9 Å². The molecule has 1 unspecified atom stereocenters. The van der Waals surface area contributed by atoms with E-state index in [1.165, 1.54) is 11.3 Å². The fraction of sp³-hybridized carbons (Fsp3) is 0.636. The molecule has 1 saturated heterocycles. The van der Waals surface area contributed by atoms with E-state index < -0.39 is 10.0 Å². The zero-order valence-electron chi connectivity index (χ0n) is 10.7. The van der Waals surface area contributed by atoms with Crippen molar-refractivity contribution in [1.82, 2.24) is 9.62 Å². The van der Waals surface area contributed by atoms with Gasteiger partial charge in [0.15, 0.2) is 0 Å². The summed E-state index contributed by atoms with van der Waals surface area (Å²) in [5, 5.41) is 0. The van der Waals surface area contributed by atoms with Crippen LogP contribution in [-0.4, -0.2) is 40.0 Å². The summed E-state index contributed by atoms with van der Waals surface area (Å²) in [6.45, 7) is 2.83. The van der Waals surface area contributed by atoms with Crippen LogP contribution in [0, 0.1) is 5.92 Å². The number of nitrogens with zero attached hydrogens (tertiary/aromatic N) is 1. The van der Waals surface area contributed by atoms with Crippen LogP contribution in [0.5, 0.6) is 0 Å². The van der Waals surface area contributed by atoms with Crippen LogP contribution in [0.3, 0.4) is 0 Å². The molecule has 0 saturated carbocycles. The Balaban J connectivity index is 2.03. The minimum absolute atomic E-state index is 0.296. The van der Waals surface area contributed by atoms with Crippen LogP contribution in [0.15, 0.2) is 14.7 Å². The van der Waals surface area contributed by atoms with Crippen LogP contribution in [0.2, 0.25) is 0 Å². The summed E-state index contributed by atoms with van der Waals surface area (Å²) in [4.78, 5) is 3.36. The SMILES string of the molecule is CN1CCC(CNS(=O)(=O)c2cc(CN)sc2Br)C1. The van der Waals surface area contributed by atoms with Crippen molar-refractivity contribution >= 4 is 37.3 Å². The summed E-state index contributed by atoms with van der Waals surface area (Å²) >= 11 is 4.66. The van der Waals surface area contributed by atoms with Crippen molar-refractivity contribution in [1.29, 1.82) is 0 Å². The van der Waals surface area contributed by atoms with Gasteiger partial charge in [0, 0.05) is 24.5 Å². The molecular weight excluding hydrogens is 350 g/mol. The third kappa shape index (κ3) is 3.77. The van der Waals surface area contributed by atoms with E-state index in [1.54, 1.807) is 6.07 Å². The Labute approximate surface area is 126 Å². The van der Waals surface area contributed by atoms with E-state index in [1.807, 2.05) is 0 Å². The van der Waals surface area contributed by atoms with Gasteiger partial charge < -0.3 is 10.6 Å². The number of nitrogens with two attached hydrogens (primary N) is 1. The zero-order chi connectivity index (χ0) is 14.0. The van der Waals surface area contributed by atoms with Crippen LogP contribution < -0.4 is 10.5 Å². The second-order valence-corrected chi connectivity index (χ2v) is 9.01. The molecular formula is C11H18BrN3O2S2. The Morgan fingerprint density at radius 3 is 2.89 bits per heavy atom. The summed E-state index contributed by atoms with van der Waals surface area (Å²) in [7, 11) is -1.39. The van der Waals surface area contributed by atoms with Crippen LogP contribution in [0.25, 0.3) is 0 Å². The lowest BCUT2D eigenvalue weighted by Crippen LogP contribution is -2.30. The lowest BCUT2D eigenvalue weighted by Gasteiger charge is -2.11. The predicted molar refractivity (Wildman–Crippen MR) is 80.7 cm³/mol. The molecule has 1 aliphatic heterocycles. The minimum atomic E-state index is -3.45. The number of halogens is 1. The summed E-state index contributed by atoms with van der Waals surface area (Å²) < 4.78 is 27.8. The molecule has 0 amide bonds. The van der Waals surface area contributed by atoms with Crippen LogP contribution in [0.1, 0.15) is 11.3 Å². The van der Waals surface area contributed by atoms with E-state index in [4.69, 9.17) is 5.73 Å². The van der Waals surface area contributed by atoms with Gasteiger partial charge in [0.05, 0.1) is 3.79 Å². The van der Waals surface area contributed by atoms with Gasteiger partial charge in [-0.1, -0.05) is 0 Å². The van der Waals surface area contributed by atoms with Crippen LogP contribution in [-0.2, 0) is 16.6 Å².